The summed E-state index contributed by atoms with van der Waals surface area (Å²) < 4.78 is 5.61. The van der Waals surface area contributed by atoms with Crippen LogP contribution in [0.3, 0.4) is 0 Å². The maximum Gasteiger partial charge on any atom is 0.255 e. The van der Waals surface area contributed by atoms with Crippen molar-refractivity contribution in [3.8, 4) is 22.6 Å². The van der Waals surface area contributed by atoms with Crippen LogP contribution in [0.5, 0.6) is 11.5 Å². The zero-order valence-electron chi connectivity index (χ0n) is 19.1. The Bertz CT molecular complexity index is 1440. The fourth-order valence-electron chi connectivity index (χ4n) is 4.73. The van der Waals surface area contributed by atoms with Gasteiger partial charge in [0, 0.05) is 44.4 Å². The highest BCUT2D eigenvalue weighted by atomic mass is 16.5. The Balaban J connectivity index is 1.47. The summed E-state index contributed by atoms with van der Waals surface area (Å²) in [7, 11) is 0. The molecule has 3 N–H and O–H groups in total. The topological polar surface area (TPSA) is 103 Å². The number of nitrogens with one attached hydrogen (secondary N) is 2. The van der Waals surface area contributed by atoms with Crippen LogP contribution < -0.4 is 10.1 Å². The van der Waals surface area contributed by atoms with Crippen molar-refractivity contribution >= 4 is 29.1 Å². The molecule has 1 fully saturated rings. The third-order valence-electron chi connectivity index (χ3n) is 6.56. The van der Waals surface area contributed by atoms with Crippen LogP contribution >= 0.6 is 0 Å². The number of H-pyrrole nitrogens is 1. The highest BCUT2D eigenvalue weighted by Crippen LogP contribution is 2.33. The highest BCUT2D eigenvalue weighted by molar-refractivity contribution is 6.13. The second-order valence-corrected chi connectivity index (χ2v) is 8.77. The number of nitrogens with zero attached hydrogens (tertiary/aromatic N) is 3. The van der Waals surface area contributed by atoms with Gasteiger partial charge in [-0.3, -0.25) is 9.89 Å². The average molecular weight is 468 g/mol. The molecule has 2 aliphatic rings. The van der Waals surface area contributed by atoms with Gasteiger partial charge >= 0.3 is 0 Å². The summed E-state index contributed by atoms with van der Waals surface area (Å²) in [6.45, 7) is 3.51. The van der Waals surface area contributed by atoms with Crippen LogP contribution in [0.15, 0.2) is 48.7 Å². The van der Waals surface area contributed by atoms with E-state index in [0.29, 0.717) is 35.2 Å². The predicted octanol–water partition coefficient (Wildman–Crippen LogP) is 3.48. The lowest BCUT2D eigenvalue weighted by atomic mass is 9.96. The number of benzene rings is 2. The lowest BCUT2D eigenvalue weighted by Crippen LogP contribution is -2.46. The van der Waals surface area contributed by atoms with Gasteiger partial charge in [0.2, 0.25) is 0 Å². The van der Waals surface area contributed by atoms with E-state index in [1.807, 2.05) is 29.2 Å². The summed E-state index contributed by atoms with van der Waals surface area (Å²) >= 11 is 0. The van der Waals surface area contributed by atoms with E-state index in [0.717, 1.165) is 48.7 Å². The van der Waals surface area contributed by atoms with Gasteiger partial charge in [0.1, 0.15) is 11.5 Å². The third-order valence-corrected chi connectivity index (χ3v) is 6.56. The van der Waals surface area contributed by atoms with E-state index >= 15 is 0 Å². The number of pyridine rings is 1. The smallest absolute Gasteiger partial charge is 0.255 e. The minimum absolute atomic E-state index is 0.0484. The fourth-order valence-corrected chi connectivity index (χ4v) is 4.73. The number of phenols is 1. The molecule has 4 heterocycles. The van der Waals surface area contributed by atoms with E-state index in [1.54, 1.807) is 30.5 Å². The van der Waals surface area contributed by atoms with Gasteiger partial charge in [-0.1, -0.05) is 24.3 Å². The Hall–Kier alpha value is -4.17. The molecule has 35 heavy (non-hydrogen) atoms. The Kier molecular flexibility index (Phi) is 5.42. The quantitative estimate of drug-likeness (QED) is 0.425. The molecule has 1 amide bonds. The van der Waals surface area contributed by atoms with Crippen molar-refractivity contribution in [2.24, 2.45) is 0 Å². The first kappa shape index (κ1) is 21.4. The van der Waals surface area contributed by atoms with E-state index in [-0.39, 0.29) is 11.7 Å². The van der Waals surface area contributed by atoms with Crippen molar-refractivity contribution in [3.05, 3.63) is 71.0 Å². The maximum absolute atomic E-state index is 13.9. The molecule has 8 nitrogen and oxygen atoms in total. The number of aromatic amines is 1. The average Bonchev–Trinajstić information content (AvgIpc) is 3.54. The van der Waals surface area contributed by atoms with E-state index < -0.39 is 0 Å². The lowest BCUT2D eigenvalue weighted by molar-refractivity contribution is 0.0738. The third kappa shape index (κ3) is 4.02. The number of hydrogen-bond donors (Lipinski definition) is 3. The Morgan fingerprint density at radius 3 is 2.74 bits per heavy atom. The van der Waals surface area contributed by atoms with Gasteiger partial charge in [-0.05, 0) is 47.0 Å². The number of amides is 1. The van der Waals surface area contributed by atoms with Crippen molar-refractivity contribution in [2.75, 3.05) is 32.8 Å². The van der Waals surface area contributed by atoms with Gasteiger partial charge < -0.3 is 20.1 Å². The minimum Gasteiger partial charge on any atom is -0.508 e. The van der Waals surface area contributed by atoms with Gasteiger partial charge in [-0.25, -0.2) is 4.98 Å². The number of rotatable bonds is 4. The normalized spacial score (nSPS) is 15.5. The van der Waals surface area contributed by atoms with Gasteiger partial charge in [0.25, 0.3) is 5.91 Å². The van der Waals surface area contributed by atoms with Crippen molar-refractivity contribution < 1.29 is 14.6 Å². The Labute approximate surface area is 202 Å². The van der Waals surface area contributed by atoms with Crippen molar-refractivity contribution in [3.63, 3.8) is 0 Å². The first-order valence-electron chi connectivity index (χ1n) is 11.8. The predicted molar refractivity (Wildman–Crippen MR) is 134 cm³/mol. The van der Waals surface area contributed by atoms with Crippen LogP contribution in [0.2, 0.25) is 0 Å². The maximum atomic E-state index is 13.9. The molecule has 0 saturated carbocycles. The molecule has 4 aromatic rings. The molecular weight excluding hydrogens is 442 g/mol. The summed E-state index contributed by atoms with van der Waals surface area (Å²) in [6.07, 6.45) is 6.56. The number of carbonyl (C=O) groups is 1. The molecule has 2 aromatic carbocycles. The Morgan fingerprint density at radius 1 is 1.09 bits per heavy atom. The number of phenolic OH excluding ortho intramolecular Hbond substituents is 1. The van der Waals surface area contributed by atoms with Gasteiger partial charge in [0.05, 0.1) is 23.3 Å². The zero-order chi connectivity index (χ0) is 23.8. The second-order valence-electron chi connectivity index (χ2n) is 8.77. The van der Waals surface area contributed by atoms with Gasteiger partial charge in [-0.2, -0.15) is 5.10 Å². The zero-order valence-corrected chi connectivity index (χ0v) is 19.1. The summed E-state index contributed by atoms with van der Waals surface area (Å²) in [4.78, 5) is 20.3. The van der Waals surface area contributed by atoms with Crippen molar-refractivity contribution in [1.82, 2.24) is 25.4 Å². The number of aromatic nitrogens is 3. The number of piperazine rings is 1. The lowest BCUT2D eigenvalue weighted by Gasteiger charge is -2.28. The molecule has 8 heteroatoms. The first-order valence-corrected chi connectivity index (χ1v) is 11.8. The summed E-state index contributed by atoms with van der Waals surface area (Å²) in [5.74, 6) is 1.07. The van der Waals surface area contributed by atoms with Gasteiger partial charge in [0.15, 0.2) is 5.65 Å². The van der Waals surface area contributed by atoms with Crippen molar-refractivity contribution in [2.45, 2.75) is 6.42 Å². The van der Waals surface area contributed by atoms with Crippen LogP contribution in [-0.4, -0.2) is 63.9 Å². The largest absolute Gasteiger partial charge is 0.508 e. The summed E-state index contributed by atoms with van der Waals surface area (Å²) in [5.41, 5.74) is 5.56. The van der Waals surface area contributed by atoms with Crippen LogP contribution in [0.1, 0.15) is 27.2 Å². The monoisotopic (exact) mass is 467 g/mol. The fraction of sp³-hybridized carbons (Fsp3) is 0.222. The van der Waals surface area contributed by atoms with Gasteiger partial charge in [-0.15, -0.1) is 0 Å². The van der Waals surface area contributed by atoms with Crippen molar-refractivity contribution in [1.29, 1.82) is 0 Å². The second kappa shape index (κ2) is 8.88. The molecule has 176 valence electrons. The molecule has 2 aliphatic heterocycles. The number of ether oxygens (including phenoxy) is 1. The first-order chi connectivity index (χ1) is 17.2. The van der Waals surface area contributed by atoms with E-state index in [1.165, 1.54) is 5.56 Å². The minimum atomic E-state index is -0.0484. The molecule has 1 saturated heterocycles. The number of fused-ring (bicyclic) bond motifs is 2. The van der Waals surface area contributed by atoms with Crippen LogP contribution in [0.25, 0.3) is 34.3 Å². The highest BCUT2D eigenvalue weighted by Gasteiger charge is 2.26. The number of carbonyl (C=O) groups excluding carboxylic acids is 1. The summed E-state index contributed by atoms with van der Waals surface area (Å²) in [5, 5.41) is 21.2. The molecule has 6 rings (SSSR count). The molecule has 0 atom stereocenters. The Morgan fingerprint density at radius 2 is 1.91 bits per heavy atom. The molecule has 0 radical (unpaired) electrons. The van der Waals surface area contributed by atoms with Crippen LogP contribution in [0.4, 0.5) is 0 Å². The standard InChI is InChI=1S/C27H25N5O3/c33-20-5-3-18(4-6-20)21-16-29-26-25(24(21)27(34)32-12-10-28-11-13-32)22(30-31-26)7-1-17-2-8-23-19(15-17)9-14-35-23/h1-8,15-16,28,33H,9-14H2,(H,29,30,31)/b7-1+. The number of hydrogen-bond acceptors (Lipinski definition) is 6. The van der Waals surface area contributed by atoms with Crippen LogP contribution in [-0.2, 0) is 6.42 Å². The molecule has 0 spiro atoms. The van der Waals surface area contributed by atoms with E-state index in [9.17, 15) is 9.90 Å². The van der Waals surface area contributed by atoms with E-state index in [2.05, 4.69) is 26.6 Å². The SMILES string of the molecule is O=C(c1c(-c2ccc(O)cc2)cnc2n[nH]c(/C=C/c3ccc4c(c3)CCO4)c12)N1CCNCC1. The number of aromatic hydroxyl groups is 1. The molecule has 0 unspecified atom stereocenters. The molecule has 0 aliphatic carbocycles. The van der Waals surface area contributed by atoms with E-state index in [4.69, 9.17) is 4.74 Å². The molecule has 2 aromatic heterocycles. The summed E-state index contributed by atoms with van der Waals surface area (Å²) in [6, 6.07) is 13.0. The molecular formula is C27H25N5O3. The van der Waals surface area contributed by atoms with Crippen LogP contribution in [0, 0.1) is 0 Å². The molecule has 0 bridgehead atoms.